The average molecular weight is 596 g/mol. The first kappa shape index (κ1) is 33.3. The Hall–Kier alpha value is -3.22. The molecule has 1 heterocycles. The van der Waals surface area contributed by atoms with Gasteiger partial charge in [-0.15, -0.1) is 0 Å². The van der Waals surface area contributed by atoms with Crippen molar-refractivity contribution in [3.8, 4) is 6.07 Å². The molecule has 0 spiro atoms. The molecule has 1 fully saturated rings. The van der Waals surface area contributed by atoms with E-state index < -0.39 is 32.5 Å². The molecule has 0 saturated carbocycles. The molecule has 0 radical (unpaired) electrons. The van der Waals surface area contributed by atoms with E-state index in [1.54, 1.807) is 31.2 Å². The number of nitriles is 1. The van der Waals surface area contributed by atoms with Crippen LogP contribution in [-0.4, -0.2) is 49.8 Å². The van der Waals surface area contributed by atoms with Crippen molar-refractivity contribution >= 4 is 21.7 Å². The highest BCUT2D eigenvalue weighted by atomic mass is 32.2. The lowest BCUT2D eigenvalue weighted by atomic mass is 9.89. The van der Waals surface area contributed by atoms with Crippen LogP contribution in [0.2, 0.25) is 0 Å². The number of benzene rings is 2. The minimum Gasteiger partial charge on any atom is -0.466 e. The molecule has 228 valence electrons. The fourth-order valence-electron chi connectivity index (χ4n) is 5.60. The van der Waals surface area contributed by atoms with Gasteiger partial charge >= 0.3 is 5.97 Å². The van der Waals surface area contributed by atoms with E-state index in [-0.39, 0.29) is 48.8 Å². The van der Waals surface area contributed by atoms with Crippen LogP contribution in [0.1, 0.15) is 107 Å². The van der Waals surface area contributed by atoms with Gasteiger partial charge in [0.2, 0.25) is 14.7 Å². The van der Waals surface area contributed by atoms with Gasteiger partial charge in [-0.25, -0.2) is 8.42 Å². The fourth-order valence-corrected chi connectivity index (χ4v) is 7.89. The fraction of sp³-hybridized carbons (Fsp3) is 0.545. The molecule has 3 rings (SSSR count). The number of hydrogen-bond acceptors (Lipinski definition) is 7. The molecule has 2 atom stereocenters. The number of nitrogens with two attached hydrogens (primary N) is 1. The average Bonchev–Trinajstić information content (AvgIpc) is 2.95. The number of rotatable bonds is 10. The zero-order valence-corrected chi connectivity index (χ0v) is 26.8. The SMILES string of the molecule is CCOC(=O)C1CCCN(C(=O)[C@@](N)(Cc2cccc(C#N)c2)S(=O)(=O)c2c(C(C)C)cc(C(C)C)cc2C(C)C)C1. The van der Waals surface area contributed by atoms with Gasteiger partial charge in [-0.3, -0.25) is 9.59 Å². The topological polar surface area (TPSA) is 131 Å². The number of nitrogens with zero attached hydrogens (tertiary/aromatic N) is 2. The summed E-state index contributed by atoms with van der Waals surface area (Å²) in [6.45, 7) is 14.1. The predicted molar refractivity (Wildman–Crippen MR) is 164 cm³/mol. The maximum absolute atomic E-state index is 15.0. The number of ether oxygens (including phenoxy) is 1. The second kappa shape index (κ2) is 13.4. The number of piperidine rings is 1. The van der Waals surface area contributed by atoms with Crippen molar-refractivity contribution in [2.75, 3.05) is 19.7 Å². The first-order chi connectivity index (χ1) is 19.7. The van der Waals surface area contributed by atoms with Crippen LogP contribution < -0.4 is 5.73 Å². The lowest BCUT2D eigenvalue weighted by Crippen LogP contribution is -2.63. The van der Waals surface area contributed by atoms with Gasteiger partial charge in [0.15, 0.2) is 0 Å². The van der Waals surface area contributed by atoms with Crippen molar-refractivity contribution in [1.82, 2.24) is 4.90 Å². The molecule has 1 unspecified atom stereocenters. The Morgan fingerprint density at radius 3 is 2.21 bits per heavy atom. The molecule has 42 heavy (non-hydrogen) atoms. The van der Waals surface area contributed by atoms with E-state index in [1.165, 1.54) is 4.90 Å². The molecule has 1 saturated heterocycles. The van der Waals surface area contributed by atoms with E-state index in [0.29, 0.717) is 35.1 Å². The second-order valence-electron chi connectivity index (χ2n) is 12.2. The predicted octanol–water partition coefficient (Wildman–Crippen LogP) is 5.40. The molecule has 2 N–H and O–H groups in total. The molecule has 0 aromatic heterocycles. The second-order valence-corrected chi connectivity index (χ2v) is 14.4. The van der Waals surface area contributed by atoms with Crippen LogP contribution in [-0.2, 0) is 30.6 Å². The van der Waals surface area contributed by atoms with E-state index in [0.717, 1.165) is 5.56 Å². The van der Waals surface area contributed by atoms with E-state index in [2.05, 4.69) is 19.9 Å². The zero-order valence-electron chi connectivity index (χ0n) is 25.9. The van der Waals surface area contributed by atoms with Gasteiger partial charge in [-0.2, -0.15) is 5.26 Å². The van der Waals surface area contributed by atoms with Gasteiger partial charge in [-0.05, 0) is 71.9 Å². The van der Waals surface area contributed by atoms with E-state index in [9.17, 15) is 14.9 Å². The molecule has 1 amide bonds. The largest absolute Gasteiger partial charge is 0.466 e. The van der Waals surface area contributed by atoms with Crippen molar-refractivity contribution in [1.29, 1.82) is 5.26 Å². The number of carbonyl (C=O) groups is 2. The van der Waals surface area contributed by atoms with Crippen molar-refractivity contribution in [3.63, 3.8) is 0 Å². The van der Waals surface area contributed by atoms with Gasteiger partial charge in [0.05, 0.1) is 29.1 Å². The van der Waals surface area contributed by atoms with Crippen molar-refractivity contribution in [2.24, 2.45) is 11.7 Å². The molecule has 1 aliphatic rings. The van der Waals surface area contributed by atoms with Crippen LogP contribution in [0.4, 0.5) is 0 Å². The highest BCUT2D eigenvalue weighted by Crippen LogP contribution is 2.40. The molecule has 0 bridgehead atoms. The van der Waals surface area contributed by atoms with Crippen LogP contribution in [0.15, 0.2) is 41.3 Å². The Labute approximate surface area is 251 Å². The number of carbonyl (C=O) groups excluding carboxylic acids is 2. The Kier molecular flexibility index (Phi) is 10.6. The van der Waals surface area contributed by atoms with E-state index in [1.807, 2.05) is 39.8 Å². The third-order valence-corrected chi connectivity index (χ3v) is 10.3. The lowest BCUT2D eigenvalue weighted by Gasteiger charge is -2.39. The Morgan fingerprint density at radius 1 is 1.07 bits per heavy atom. The maximum atomic E-state index is 15.0. The van der Waals surface area contributed by atoms with Crippen molar-refractivity contribution in [3.05, 3.63) is 64.2 Å². The Morgan fingerprint density at radius 2 is 1.69 bits per heavy atom. The van der Waals surface area contributed by atoms with Crippen molar-refractivity contribution in [2.45, 2.75) is 95.2 Å². The summed E-state index contributed by atoms with van der Waals surface area (Å²) < 4.78 is 35.2. The monoisotopic (exact) mass is 595 g/mol. The summed E-state index contributed by atoms with van der Waals surface area (Å²) in [5, 5.41) is 9.48. The summed E-state index contributed by atoms with van der Waals surface area (Å²) in [5.74, 6) is -1.86. The van der Waals surface area contributed by atoms with Gasteiger partial charge in [0.1, 0.15) is 0 Å². The normalized spacial score (nSPS) is 17.3. The number of amides is 1. The third kappa shape index (κ3) is 6.71. The standard InChI is InChI=1S/C33H45N3O5S/c1-8-41-31(37)26-13-10-14-36(20-26)32(38)33(35,18-24-11-9-12-25(15-24)19-34)42(39,40)30-28(22(4)5)16-27(21(2)3)17-29(30)23(6)7/h9,11-12,15-17,21-23,26H,8,10,13-14,18,20,35H2,1-7H3/t26?,33-/m1/s1. The third-order valence-electron chi connectivity index (χ3n) is 8.04. The number of hydrogen-bond donors (Lipinski definition) is 1. The number of likely N-dealkylation sites (tertiary alicyclic amines) is 1. The summed E-state index contributed by atoms with van der Waals surface area (Å²) in [5.41, 5.74) is 10.0. The maximum Gasteiger partial charge on any atom is 0.310 e. The van der Waals surface area contributed by atoms with Crippen LogP contribution in [0.5, 0.6) is 0 Å². The molecular weight excluding hydrogens is 550 g/mol. The van der Waals surface area contributed by atoms with Gasteiger partial charge in [0, 0.05) is 19.5 Å². The molecular formula is C33H45N3O5S. The molecule has 2 aromatic rings. The van der Waals surface area contributed by atoms with Gasteiger partial charge in [0.25, 0.3) is 5.91 Å². The summed E-state index contributed by atoms with van der Waals surface area (Å²) in [4.78, 5) is 26.2. The first-order valence-electron chi connectivity index (χ1n) is 14.8. The highest BCUT2D eigenvalue weighted by Gasteiger charge is 2.52. The smallest absolute Gasteiger partial charge is 0.310 e. The highest BCUT2D eigenvalue weighted by molar-refractivity contribution is 7.93. The molecule has 2 aromatic carbocycles. The van der Waals surface area contributed by atoms with E-state index >= 15 is 8.42 Å². The molecule has 0 aliphatic carbocycles. The first-order valence-corrected chi connectivity index (χ1v) is 16.3. The number of esters is 1. The lowest BCUT2D eigenvalue weighted by molar-refractivity contribution is -0.151. The zero-order chi connectivity index (χ0) is 31.4. The Bertz CT molecular complexity index is 1430. The summed E-state index contributed by atoms with van der Waals surface area (Å²) in [6.07, 6.45) is 0.737. The summed E-state index contributed by atoms with van der Waals surface area (Å²) in [7, 11) is -4.52. The summed E-state index contributed by atoms with van der Waals surface area (Å²) in [6, 6.07) is 12.4. The Balaban J connectivity index is 2.27. The van der Waals surface area contributed by atoms with E-state index in [4.69, 9.17) is 10.5 Å². The van der Waals surface area contributed by atoms with Gasteiger partial charge < -0.3 is 15.4 Å². The quantitative estimate of drug-likeness (QED) is 0.364. The molecule has 9 heteroatoms. The van der Waals surface area contributed by atoms with Crippen molar-refractivity contribution < 1.29 is 22.7 Å². The summed E-state index contributed by atoms with van der Waals surface area (Å²) >= 11 is 0. The molecule has 8 nitrogen and oxygen atoms in total. The van der Waals surface area contributed by atoms with Gasteiger partial charge in [-0.1, -0.05) is 65.8 Å². The van der Waals surface area contributed by atoms with Crippen LogP contribution in [0.3, 0.4) is 0 Å². The minimum atomic E-state index is -4.52. The number of sulfone groups is 1. The molecule has 1 aliphatic heterocycles. The van der Waals surface area contributed by atoms with Crippen LogP contribution in [0.25, 0.3) is 0 Å². The van der Waals surface area contributed by atoms with Crippen LogP contribution >= 0.6 is 0 Å². The minimum absolute atomic E-state index is 0.0325. The van der Waals surface area contributed by atoms with Crippen LogP contribution in [0, 0.1) is 17.2 Å².